The Morgan fingerprint density at radius 2 is 1.95 bits per heavy atom. The maximum atomic E-state index is 12.5. The van der Waals surface area contributed by atoms with E-state index in [0.29, 0.717) is 19.3 Å². The number of halogens is 3. The molecule has 1 aliphatic rings. The van der Waals surface area contributed by atoms with E-state index in [4.69, 9.17) is 0 Å². The van der Waals surface area contributed by atoms with Gasteiger partial charge in [-0.25, -0.2) is 13.4 Å². The van der Waals surface area contributed by atoms with Gasteiger partial charge >= 0.3 is 6.18 Å². The molecule has 0 aliphatic carbocycles. The monoisotopic (exact) mass is 322 g/mol. The fraction of sp³-hybridized carbons (Fsp3) is 0.615. The summed E-state index contributed by atoms with van der Waals surface area (Å²) in [4.78, 5) is 3.49. The molecule has 0 saturated carbocycles. The molecule has 1 saturated heterocycles. The molecule has 2 rings (SSSR count). The predicted molar refractivity (Wildman–Crippen MR) is 71.0 cm³/mol. The summed E-state index contributed by atoms with van der Waals surface area (Å²) in [5.41, 5.74) is -1.10. The van der Waals surface area contributed by atoms with Crippen LogP contribution in [0.15, 0.2) is 23.4 Å². The zero-order valence-electron chi connectivity index (χ0n) is 11.8. The lowest BCUT2D eigenvalue weighted by Gasteiger charge is -2.36. The molecule has 0 amide bonds. The largest absolute Gasteiger partial charge is 0.417 e. The molecule has 1 aromatic rings. The average molecular weight is 322 g/mol. The highest BCUT2D eigenvalue weighted by Crippen LogP contribution is 2.32. The quantitative estimate of drug-likeness (QED) is 0.841. The third-order valence-corrected chi connectivity index (χ3v) is 5.29. The molecule has 0 unspecified atom stereocenters. The molecule has 21 heavy (non-hydrogen) atoms. The highest BCUT2D eigenvalue weighted by molar-refractivity contribution is 7.89. The average Bonchev–Trinajstić information content (AvgIpc) is 2.36. The number of nitrogens with zero attached hydrogens (tertiary/aromatic N) is 2. The SMILES string of the molecule is CC1(C)CCCN(S(=O)(=O)c2ccc(C(F)(F)F)cn2)C1. The Morgan fingerprint density at radius 3 is 2.43 bits per heavy atom. The van der Waals surface area contributed by atoms with Gasteiger partial charge in [0.2, 0.25) is 0 Å². The van der Waals surface area contributed by atoms with Crippen molar-refractivity contribution in [3.63, 3.8) is 0 Å². The Bertz CT molecular complexity index is 609. The van der Waals surface area contributed by atoms with Crippen molar-refractivity contribution in [1.29, 1.82) is 0 Å². The molecule has 118 valence electrons. The maximum absolute atomic E-state index is 12.5. The van der Waals surface area contributed by atoms with E-state index in [1.54, 1.807) is 0 Å². The molecule has 1 aliphatic heterocycles. The zero-order valence-corrected chi connectivity index (χ0v) is 12.6. The first-order chi connectivity index (χ1) is 9.52. The molecule has 0 N–H and O–H groups in total. The number of piperidine rings is 1. The van der Waals surface area contributed by atoms with Crippen LogP contribution in [0.2, 0.25) is 0 Å². The number of sulfonamides is 1. The molecular formula is C13H17F3N2O2S. The van der Waals surface area contributed by atoms with Crippen molar-refractivity contribution in [3.05, 3.63) is 23.9 Å². The first-order valence-corrected chi connectivity index (χ1v) is 8.00. The van der Waals surface area contributed by atoms with Gasteiger partial charge in [0.25, 0.3) is 10.0 Å². The van der Waals surface area contributed by atoms with Crippen molar-refractivity contribution in [1.82, 2.24) is 9.29 Å². The molecule has 0 bridgehead atoms. The third kappa shape index (κ3) is 3.55. The molecule has 1 fully saturated rings. The molecular weight excluding hydrogens is 305 g/mol. The predicted octanol–water partition coefficient (Wildman–Crippen LogP) is 2.91. The number of hydrogen-bond acceptors (Lipinski definition) is 3. The van der Waals surface area contributed by atoms with Crippen LogP contribution in [0.25, 0.3) is 0 Å². The minimum atomic E-state index is -4.53. The van der Waals surface area contributed by atoms with Gasteiger partial charge in [-0.15, -0.1) is 0 Å². The Labute approximate surface area is 122 Å². The van der Waals surface area contributed by atoms with E-state index in [1.807, 2.05) is 13.8 Å². The minimum Gasteiger partial charge on any atom is -0.243 e. The molecule has 0 spiro atoms. The topological polar surface area (TPSA) is 50.3 Å². The minimum absolute atomic E-state index is 0.142. The fourth-order valence-corrected chi connectivity index (χ4v) is 3.99. The van der Waals surface area contributed by atoms with Crippen LogP contribution in [-0.4, -0.2) is 30.8 Å². The normalized spacial score (nSPS) is 20.4. The molecule has 8 heteroatoms. The number of hydrogen-bond donors (Lipinski definition) is 0. The van der Waals surface area contributed by atoms with E-state index < -0.39 is 21.8 Å². The van der Waals surface area contributed by atoms with E-state index in [-0.39, 0.29) is 10.4 Å². The Kier molecular flexibility index (Phi) is 4.05. The van der Waals surface area contributed by atoms with Gasteiger partial charge in [-0.05, 0) is 30.4 Å². The zero-order chi connectivity index (χ0) is 15.9. The number of pyridine rings is 1. The smallest absolute Gasteiger partial charge is 0.243 e. The van der Waals surface area contributed by atoms with Gasteiger partial charge in [-0.1, -0.05) is 13.8 Å². The summed E-state index contributed by atoms with van der Waals surface area (Å²) < 4.78 is 63.6. The fourth-order valence-electron chi connectivity index (χ4n) is 2.41. The lowest BCUT2D eigenvalue weighted by molar-refractivity contribution is -0.137. The van der Waals surface area contributed by atoms with Crippen LogP contribution < -0.4 is 0 Å². The van der Waals surface area contributed by atoms with Crippen LogP contribution in [0.1, 0.15) is 32.3 Å². The molecule has 1 aromatic heterocycles. The van der Waals surface area contributed by atoms with Crippen LogP contribution >= 0.6 is 0 Å². The van der Waals surface area contributed by atoms with Gasteiger partial charge in [-0.2, -0.15) is 17.5 Å². The summed E-state index contributed by atoms with van der Waals surface area (Å²) in [6, 6.07) is 1.66. The molecule has 0 atom stereocenters. The van der Waals surface area contributed by atoms with Gasteiger partial charge in [0, 0.05) is 19.3 Å². The highest BCUT2D eigenvalue weighted by atomic mass is 32.2. The first kappa shape index (κ1) is 16.2. The van der Waals surface area contributed by atoms with Crippen LogP contribution in [0.4, 0.5) is 13.2 Å². The van der Waals surface area contributed by atoms with Crippen LogP contribution in [0.5, 0.6) is 0 Å². The number of aromatic nitrogens is 1. The lowest BCUT2D eigenvalue weighted by Crippen LogP contribution is -2.43. The highest BCUT2D eigenvalue weighted by Gasteiger charge is 2.36. The molecule has 0 aromatic carbocycles. The third-order valence-electron chi connectivity index (χ3n) is 3.53. The van der Waals surface area contributed by atoms with Gasteiger partial charge in [0.15, 0.2) is 5.03 Å². The van der Waals surface area contributed by atoms with Crippen LogP contribution in [-0.2, 0) is 16.2 Å². The van der Waals surface area contributed by atoms with E-state index in [2.05, 4.69) is 4.98 Å². The standard InChI is InChI=1S/C13H17F3N2O2S/c1-12(2)6-3-7-18(9-12)21(19,20)11-5-4-10(8-17-11)13(14,15)16/h4-5,8H,3,6-7,9H2,1-2H3. The van der Waals surface area contributed by atoms with Crippen molar-refractivity contribution >= 4 is 10.0 Å². The summed E-state index contributed by atoms with van der Waals surface area (Å²) in [6.07, 6.45) is -2.32. The second-order valence-electron chi connectivity index (χ2n) is 5.99. The number of alkyl halides is 3. The van der Waals surface area contributed by atoms with Crippen LogP contribution in [0.3, 0.4) is 0 Å². The van der Waals surface area contributed by atoms with E-state index in [0.717, 1.165) is 25.0 Å². The summed E-state index contributed by atoms with van der Waals surface area (Å²) in [6.45, 7) is 4.65. The summed E-state index contributed by atoms with van der Waals surface area (Å²) in [5.74, 6) is 0. The van der Waals surface area contributed by atoms with Gasteiger partial charge in [-0.3, -0.25) is 0 Å². The Balaban J connectivity index is 2.28. The van der Waals surface area contributed by atoms with Gasteiger partial charge in [0.1, 0.15) is 0 Å². The van der Waals surface area contributed by atoms with E-state index in [9.17, 15) is 21.6 Å². The van der Waals surface area contributed by atoms with Gasteiger partial charge in [0.05, 0.1) is 5.56 Å². The molecule has 2 heterocycles. The van der Waals surface area contributed by atoms with Gasteiger partial charge < -0.3 is 0 Å². The second-order valence-corrected chi connectivity index (χ2v) is 7.87. The summed E-state index contributed by atoms with van der Waals surface area (Å²) in [7, 11) is -3.84. The Hall–Kier alpha value is -1.15. The van der Waals surface area contributed by atoms with Crippen molar-refractivity contribution in [3.8, 4) is 0 Å². The second kappa shape index (κ2) is 5.24. The molecule has 4 nitrogen and oxygen atoms in total. The first-order valence-electron chi connectivity index (χ1n) is 6.56. The van der Waals surface area contributed by atoms with Crippen molar-refractivity contribution < 1.29 is 21.6 Å². The van der Waals surface area contributed by atoms with Crippen molar-refractivity contribution in [2.45, 2.75) is 37.9 Å². The maximum Gasteiger partial charge on any atom is 0.417 e. The lowest BCUT2D eigenvalue weighted by atomic mass is 9.85. The van der Waals surface area contributed by atoms with Crippen LogP contribution in [0, 0.1) is 5.41 Å². The summed E-state index contributed by atoms with van der Waals surface area (Å²) in [5, 5.41) is -0.340. The van der Waals surface area contributed by atoms with Crippen molar-refractivity contribution in [2.75, 3.05) is 13.1 Å². The van der Waals surface area contributed by atoms with E-state index in [1.165, 1.54) is 4.31 Å². The van der Waals surface area contributed by atoms with E-state index >= 15 is 0 Å². The Morgan fingerprint density at radius 1 is 1.29 bits per heavy atom. The summed E-state index contributed by atoms with van der Waals surface area (Å²) >= 11 is 0. The number of rotatable bonds is 2. The van der Waals surface area contributed by atoms with Crippen molar-refractivity contribution in [2.24, 2.45) is 5.41 Å². The molecule has 0 radical (unpaired) electrons.